The average molecular weight is 156 g/mol. The van der Waals surface area contributed by atoms with Gasteiger partial charge in [0.1, 0.15) is 0 Å². The van der Waals surface area contributed by atoms with E-state index in [1.54, 1.807) is 6.92 Å². The minimum absolute atomic E-state index is 0.195. The van der Waals surface area contributed by atoms with Gasteiger partial charge >= 0.3 is 5.97 Å². The molecule has 0 heterocycles. The molecular formula is C9H16O2. The molecule has 1 atom stereocenters. The number of carboxylic acid groups (broad SMARTS) is 1. The Labute approximate surface area is 67.9 Å². The lowest BCUT2D eigenvalue weighted by Crippen LogP contribution is -2.08. The summed E-state index contributed by atoms with van der Waals surface area (Å²) in [6, 6.07) is 0. The van der Waals surface area contributed by atoms with Crippen molar-refractivity contribution in [3.8, 4) is 0 Å². The number of hydrogen-bond donors (Lipinski definition) is 1. The molecule has 0 rings (SSSR count). The van der Waals surface area contributed by atoms with E-state index in [4.69, 9.17) is 5.11 Å². The smallest absolute Gasteiger partial charge is 0.306 e. The maximum absolute atomic E-state index is 10.3. The Hall–Kier alpha value is -0.790. The van der Waals surface area contributed by atoms with E-state index in [1.165, 1.54) is 0 Å². The van der Waals surface area contributed by atoms with Gasteiger partial charge in [-0.3, -0.25) is 4.79 Å². The molecule has 0 aromatic carbocycles. The Morgan fingerprint density at radius 2 is 2.27 bits per heavy atom. The highest BCUT2D eigenvalue weighted by atomic mass is 16.4. The molecule has 0 saturated heterocycles. The molecule has 0 aliphatic carbocycles. The number of carbonyl (C=O) groups is 1. The van der Waals surface area contributed by atoms with Gasteiger partial charge in [0.15, 0.2) is 0 Å². The molecule has 2 nitrogen and oxygen atoms in total. The van der Waals surface area contributed by atoms with Crippen LogP contribution in [0.2, 0.25) is 0 Å². The van der Waals surface area contributed by atoms with Crippen LogP contribution in [0.25, 0.3) is 0 Å². The van der Waals surface area contributed by atoms with Crippen LogP contribution in [0.5, 0.6) is 0 Å². The van der Waals surface area contributed by atoms with E-state index in [0.717, 1.165) is 25.7 Å². The third-order valence-electron chi connectivity index (χ3n) is 1.72. The number of hydrogen-bond acceptors (Lipinski definition) is 1. The molecule has 0 fully saturated rings. The summed E-state index contributed by atoms with van der Waals surface area (Å²) in [6.07, 6.45) is 5.68. The van der Waals surface area contributed by atoms with E-state index >= 15 is 0 Å². The molecule has 0 amide bonds. The van der Waals surface area contributed by atoms with Crippen LogP contribution >= 0.6 is 0 Å². The zero-order valence-corrected chi connectivity index (χ0v) is 7.05. The molecule has 0 spiro atoms. The van der Waals surface area contributed by atoms with Crippen molar-refractivity contribution in [2.75, 3.05) is 0 Å². The zero-order chi connectivity index (χ0) is 8.69. The monoisotopic (exact) mass is 156 g/mol. The molecule has 0 aromatic rings. The second kappa shape index (κ2) is 5.96. The van der Waals surface area contributed by atoms with E-state index in [0.29, 0.717) is 0 Å². The summed E-state index contributed by atoms with van der Waals surface area (Å²) in [5.74, 6) is -0.886. The highest BCUT2D eigenvalue weighted by molar-refractivity contribution is 5.69. The van der Waals surface area contributed by atoms with Gasteiger partial charge in [0.25, 0.3) is 0 Å². The summed E-state index contributed by atoms with van der Waals surface area (Å²) in [4.78, 5) is 10.3. The summed E-state index contributed by atoms with van der Waals surface area (Å²) in [5.41, 5.74) is 0. The fourth-order valence-electron chi connectivity index (χ4n) is 0.863. The lowest BCUT2D eigenvalue weighted by molar-refractivity contribution is -0.141. The van der Waals surface area contributed by atoms with Crippen molar-refractivity contribution in [1.29, 1.82) is 0 Å². The molecule has 0 bridgehead atoms. The van der Waals surface area contributed by atoms with Gasteiger partial charge in [0, 0.05) is 0 Å². The van der Waals surface area contributed by atoms with Gasteiger partial charge < -0.3 is 5.11 Å². The zero-order valence-electron chi connectivity index (χ0n) is 7.05. The van der Waals surface area contributed by atoms with Crippen LogP contribution in [0.3, 0.4) is 0 Å². The summed E-state index contributed by atoms with van der Waals surface area (Å²) in [7, 11) is 0. The maximum atomic E-state index is 10.3. The predicted octanol–water partition coefficient (Wildman–Crippen LogP) is 2.45. The minimum Gasteiger partial charge on any atom is -0.481 e. The van der Waals surface area contributed by atoms with E-state index in [1.807, 2.05) is 6.08 Å². The molecule has 0 aliphatic heterocycles. The molecule has 0 saturated carbocycles. The Bertz CT molecular complexity index is 130. The molecule has 64 valence electrons. The van der Waals surface area contributed by atoms with Crippen molar-refractivity contribution in [1.82, 2.24) is 0 Å². The lowest BCUT2D eigenvalue weighted by atomic mass is 10.0. The maximum Gasteiger partial charge on any atom is 0.306 e. The van der Waals surface area contributed by atoms with Crippen LogP contribution in [0.15, 0.2) is 12.7 Å². The molecule has 1 N–H and O–H groups in total. The summed E-state index contributed by atoms with van der Waals surface area (Å²) in [5, 5.41) is 8.52. The molecule has 11 heavy (non-hydrogen) atoms. The molecular weight excluding hydrogens is 140 g/mol. The fraction of sp³-hybridized carbons (Fsp3) is 0.667. The molecule has 0 unspecified atom stereocenters. The van der Waals surface area contributed by atoms with Crippen LogP contribution < -0.4 is 0 Å². The normalized spacial score (nSPS) is 12.5. The Morgan fingerprint density at radius 3 is 2.73 bits per heavy atom. The van der Waals surface area contributed by atoms with Gasteiger partial charge in [-0.2, -0.15) is 0 Å². The molecule has 0 aliphatic rings. The van der Waals surface area contributed by atoms with Crippen LogP contribution in [0.4, 0.5) is 0 Å². The summed E-state index contributed by atoms with van der Waals surface area (Å²) in [6.45, 7) is 5.34. The van der Waals surface area contributed by atoms with Crippen LogP contribution in [-0.4, -0.2) is 11.1 Å². The quantitative estimate of drug-likeness (QED) is 0.473. The summed E-state index contributed by atoms with van der Waals surface area (Å²) < 4.78 is 0. The lowest BCUT2D eigenvalue weighted by Gasteiger charge is -2.03. The largest absolute Gasteiger partial charge is 0.481 e. The number of allylic oxidation sites excluding steroid dienone is 1. The van der Waals surface area contributed by atoms with E-state index in [-0.39, 0.29) is 5.92 Å². The van der Waals surface area contributed by atoms with Gasteiger partial charge in [-0.05, 0) is 19.3 Å². The first-order valence-corrected chi connectivity index (χ1v) is 4.02. The number of unbranched alkanes of at least 4 members (excludes halogenated alkanes) is 2. The van der Waals surface area contributed by atoms with Gasteiger partial charge in [-0.25, -0.2) is 0 Å². The van der Waals surface area contributed by atoms with Crippen molar-refractivity contribution < 1.29 is 9.90 Å². The van der Waals surface area contributed by atoms with Crippen LogP contribution in [0.1, 0.15) is 32.6 Å². The fourth-order valence-corrected chi connectivity index (χ4v) is 0.863. The topological polar surface area (TPSA) is 37.3 Å². The van der Waals surface area contributed by atoms with Crippen molar-refractivity contribution >= 4 is 5.97 Å². The Balaban J connectivity index is 3.24. The Morgan fingerprint density at radius 1 is 1.64 bits per heavy atom. The van der Waals surface area contributed by atoms with Crippen molar-refractivity contribution in [3.63, 3.8) is 0 Å². The standard InChI is InChI=1S/C9H16O2/c1-3-4-5-6-7-8(2)9(10)11/h3,8H,1,4-7H2,2H3,(H,10,11)/t8-/m1/s1. The van der Waals surface area contributed by atoms with Crippen molar-refractivity contribution in [2.45, 2.75) is 32.6 Å². The van der Waals surface area contributed by atoms with Crippen molar-refractivity contribution in [3.05, 3.63) is 12.7 Å². The predicted molar refractivity (Wildman–Crippen MR) is 45.5 cm³/mol. The Kier molecular flexibility index (Phi) is 5.53. The second-order valence-corrected chi connectivity index (χ2v) is 2.81. The molecule has 0 radical (unpaired) electrons. The number of rotatable bonds is 6. The van der Waals surface area contributed by atoms with Crippen LogP contribution in [-0.2, 0) is 4.79 Å². The average Bonchev–Trinajstić information content (AvgIpc) is 1.97. The third-order valence-corrected chi connectivity index (χ3v) is 1.72. The van der Waals surface area contributed by atoms with Crippen molar-refractivity contribution in [2.24, 2.45) is 5.92 Å². The SMILES string of the molecule is C=CCCCC[C@@H](C)C(=O)O. The highest BCUT2D eigenvalue weighted by Gasteiger charge is 2.08. The molecule has 2 heteroatoms. The summed E-state index contributed by atoms with van der Waals surface area (Å²) >= 11 is 0. The number of aliphatic carboxylic acids is 1. The van der Waals surface area contributed by atoms with E-state index in [9.17, 15) is 4.79 Å². The van der Waals surface area contributed by atoms with Crippen LogP contribution in [0, 0.1) is 5.92 Å². The van der Waals surface area contributed by atoms with Gasteiger partial charge in [0.2, 0.25) is 0 Å². The minimum atomic E-state index is -0.691. The van der Waals surface area contributed by atoms with Gasteiger partial charge in [-0.1, -0.05) is 19.4 Å². The first-order chi connectivity index (χ1) is 5.18. The highest BCUT2D eigenvalue weighted by Crippen LogP contribution is 2.09. The second-order valence-electron chi connectivity index (χ2n) is 2.81. The first kappa shape index (κ1) is 10.2. The first-order valence-electron chi connectivity index (χ1n) is 4.02. The van der Waals surface area contributed by atoms with Gasteiger partial charge in [0.05, 0.1) is 5.92 Å². The van der Waals surface area contributed by atoms with E-state index in [2.05, 4.69) is 6.58 Å². The number of carboxylic acids is 1. The molecule has 0 aromatic heterocycles. The third kappa shape index (κ3) is 5.64. The van der Waals surface area contributed by atoms with Gasteiger partial charge in [-0.15, -0.1) is 6.58 Å². The van der Waals surface area contributed by atoms with E-state index < -0.39 is 5.97 Å².